The monoisotopic (exact) mass is 674 g/mol. The third-order valence-corrected chi connectivity index (χ3v) is 10.7. The molecule has 2 nitrogen and oxygen atoms in total. The van der Waals surface area contributed by atoms with Gasteiger partial charge in [-0.2, -0.15) is 0 Å². The Morgan fingerprint density at radius 2 is 1.14 bits per heavy atom. The minimum atomic E-state index is 1.04. The lowest BCUT2D eigenvalue weighted by Crippen LogP contribution is -2.25. The van der Waals surface area contributed by atoms with Crippen molar-refractivity contribution >= 4 is 71.5 Å². The van der Waals surface area contributed by atoms with Crippen LogP contribution in [0.2, 0.25) is 0 Å². The van der Waals surface area contributed by atoms with Crippen molar-refractivity contribution in [3.05, 3.63) is 122 Å². The Bertz CT molecular complexity index is 1890. The lowest BCUT2D eigenvalue weighted by Gasteiger charge is -2.34. The highest BCUT2D eigenvalue weighted by Crippen LogP contribution is 2.43. The quantitative estimate of drug-likeness (QED) is 0.188. The van der Waals surface area contributed by atoms with Crippen molar-refractivity contribution in [2.24, 2.45) is 0 Å². The van der Waals surface area contributed by atoms with E-state index >= 15 is 0 Å². The van der Waals surface area contributed by atoms with Crippen LogP contribution in [0, 0.1) is 0 Å². The van der Waals surface area contributed by atoms with Crippen LogP contribution in [0.15, 0.2) is 100.0 Å². The van der Waals surface area contributed by atoms with Crippen molar-refractivity contribution in [2.75, 3.05) is 22.9 Å². The summed E-state index contributed by atoms with van der Waals surface area (Å²) in [6.07, 6.45) is 11.5. The zero-order chi connectivity index (χ0) is 28.2. The van der Waals surface area contributed by atoms with Crippen LogP contribution in [0.4, 0.5) is 22.7 Å². The third kappa shape index (κ3) is 4.42. The SMILES string of the molecule is Brc1ccc(N2CCCc3cc(-c4ccc5c(c4)CCCN5c4ccc(Br)c5ccccc45)ccc32)c2c1CCC=C2. The Morgan fingerprint density at radius 1 is 0.548 bits per heavy atom. The normalized spacial score (nSPS) is 15.9. The van der Waals surface area contributed by atoms with Gasteiger partial charge in [0.15, 0.2) is 0 Å². The van der Waals surface area contributed by atoms with Crippen LogP contribution in [0.3, 0.4) is 0 Å². The number of fused-ring (bicyclic) bond motifs is 4. The molecule has 0 saturated heterocycles. The predicted molar refractivity (Wildman–Crippen MR) is 186 cm³/mol. The van der Waals surface area contributed by atoms with Gasteiger partial charge in [0.05, 0.1) is 0 Å². The van der Waals surface area contributed by atoms with Crippen molar-refractivity contribution in [3.8, 4) is 11.1 Å². The van der Waals surface area contributed by atoms with E-state index < -0.39 is 0 Å². The summed E-state index contributed by atoms with van der Waals surface area (Å²) in [5, 5.41) is 2.56. The van der Waals surface area contributed by atoms with E-state index in [-0.39, 0.29) is 0 Å². The summed E-state index contributed by atoms with van der Waals surface area (Å²) in [5.41, 5.74) is 13.7. The molecule has 2 aliphatic heterocycles. The standard InChI is InChI=1S/C38H32Br2N2/c39-33-15-19-37(31-11-3-1-9-29(31)33)41-21-5-7-27-23-25(13-17-35(27)41)26-14-18-36-28(24-26)8-6-22-42(36)38-20-16-34(40)30-10-2-4-12-32(30)38/h1,3-4,9,11-20,23-24H,2,5-8,10,21-22H2. The van der Waals surface area contributed by atoms with Crippen LogP contribution in [0.1, 0.15) is 41.5 Å². The smallest absolute Gasteiger partial charge is 0.0491 e. The van der Waals surface area contributed by atoms with Crippen molar-refractivity contribution < 1.29 is 0 Å². The molecule has 0 atom stereocenters. The Kier molecular flexibility index (Phi) is 6.72. The first kappa shape index (κ1) is 26.3. The molecule has 1 aliphatic carbocycles. The Hall–Kier alpha value is -3.34. The van der Waals surface area contributed by atoms with Gasteiger partial charge in [0, 0.05) is 55.7 Å². The van der Waals surface area contributed by atoms with Crippen molar-refractivity contribution in [3.63, 3.8) is 0 Å². The molecule has 0 saturated carbocycles. The molecule has 0 spiro atoms. The molecule has 0 N–H and O–H groups in total. The Balaban J connectivity index is 1.14. The number of hydrogen-bond donors (Lipinski definition) is 0. The molecular formula is C38H32Br2N2. The molecule has 4 heteroatoms. The number of allylic oxidation sites excluding steroid dienone is 1. The molecule has 5 aromatic rings. The van der Waals surface area contributed by atoms with Crippen molar-refractivity contribution in [2.45, 2.75) is 38.5 Å². The molecule has 42 heavy (non-hydrogen) atoms. The van der Waals surface area contributed by atoms with E-state index in [0.29, 0.717) is 0 Å². The van der Waals surface area contributed by atoms with Gasteiger partial charge in [-0.3, -0.25) is 0 Å². The zero-order valence-corrected chi connectivity index (χ0v) is 26.7. The number of anilines is 4. The fourth-order valence-electron chi connectivity index (χ4n) is 7.27. The lowest BCUT2D eigenvalue weighted by molar-refractivity contribution is 0.765. The minimum Gasteiger partial charge on any atom is -0.341 e. The van der Waals surface area contributed by atoms with Crippen LogP contribution in [-0.2, 0) is 19.3 Å². The fraction of sp³-hybridized carbons (Fsp3) is 0.211. The second-order valence-corrected chi connectivity index (χ2v) is 13.4. The highest BCUT2D eigenvalue weighted by Gasteiger charge is 2.24. The van der Waals surface area contributed by atoms with E-state index in [1.807, 2.05) is 0 Å². The van der Waals surface area contributed by atoms with E-state index in [2.05, 4.69) is 139 Å². The molecule has 208 valence electrons. The van der Waals surface area contributed by atoms with Gasteiger partial charge in [-0.15, -0.1) is 0 Å². The molecule has 2 heterocycles. The molecule has 0 amide bonds. The summed E-state index contributed by atoms with van der Waals surface area (Å²) in [6.45, 7) is 2.11. The van der Waals surface area contributed by atoms with Crippen LogP contribution in [0.5, 0.6) is 0 Å². The van der Waals surface area contributed by atoms with E-state index in [0.717, 1.165) is 49.7 Å². The highest BCUT2D eigenvalue weighted by molar-refractivity contribution is 9.11. The summed E-state index contributed by atoms with van der Waals surface area (Å²) in [4.78, 5) is 5.08. The highest BCUT2D eigenvalue weighted by atomic mass is 79.9. The van der Waals surface area contributed by atoms with Gasteiger partial charge in [-0.25, -0.2) is 0 Å². The maximum atomic E-state index is 3.81. The Morgan fingerprint density at radius 3 is 1.86 bits per heavy atom. The average Bonchev–Trinajstić information content (AvgIpc) is 3.04. The number of rotatable bonds is 3. The first-order valence-electron chi connectivity index (χ1n) is 15.1. The van der Waals surface area contributed by atoms with Gasteiger partial charge in [0.1, 0.15) is 0 Å². The summed E-state index contributed by atoms with van der Waals surface area (Å²) >= 11 is 7.56. The molecule has 0 radical (unpaired) electrons. The van der Waals surface area contributed by atoms with E-state index in [1.165, 1.54) is 77.8 Å². The topological polar surface area (TPSA) is 6.48 Å². The number of halogens is 2. The van der Waals surface area contributed by atoms with Gasteiger partial charge in [0.25, 0.3) is 0 Å². The molecule has 5 aromatic carbocycles. The average molecular weight is 676 g/mol. The van der Waals surface area contributed by atoms with Crippen LogP contribution in [-0.4, -0.2) is 13.1 Å². The summed E-state index contributed by atoms with van der Waals surface area (Å²) < 4.78 is 2.38. The van der Waals surface area contributed by atoms with Crippen molar-refractivity contribution in [1.29, 1.82) is 0 Å². The number of nitrogens with zero attached hydrogens (tertiary/aromatic N) is 2. The first-order chi connectivity index (χ1) is 20.7. The second-order valence-electron chi connectivity index (χ2n) is 11.7. The summed E-state index contributed by atoms with van der Waals surface area (Å²) in [6, 6.07) is 32.0. The maximum Gasteiger partial charge on any atom is 0.0491 e. The van der Waals surface area contributed by atoms with E-state index in [1.54, 1.807) is 0 Å². The van der Waals surface area contributed by atoms with Gasteiger partial charge < -0.3 is 9.80 Å². The second kappa shape index (κ2) is 10.7. The molecular weight excluding hydrogens is 644 g/mol. The van der Waals surface area contributed by atoms with Crippen LogP contribution < -0.4 is 9.80 Å². The van der Waals surface area contributed by atoms with E-state index in [9.17, 15) is 0 Å². The number of benzene rings is 5. The molecule has 0 aromatic heterocycles. The zero-order valence-electron chi connectivity index (χ0n) is 23.5. The molecule has 0 bridgehead atoms. The lowest BCUT2D eigenvalue weighted by atomic mass is 9.91. The fourth-order valence-corrected chi connectivity index (χ4v) is 8.29. The molecule has 0 unspecified atom stereocenters. The molecule has 8 rings (SSSR count). The number of hydrogen-bond acceptors (Lipinski definition) is 2. The Labute approximate surface area is 264 Å². The van der Waals surface area contributed by atoms with Crippen LogP contribution in [0.25, 0.3) is 28.0 Å². The maximum absolute atomic E-state index is 3.81. The largest absolute Gasteiger partial charge is 0.341 e. The van der Waals surface area contributed by atoms with Gasteiger partial charge >= 0.3 is 0 Å². The summed E-state index contributed by atoms with van der Waals surface area (Å²) in [5.74, 6) is 0. The summed E-state index contributed by atoms with van der Waals surface area (Å²) in [7, 11) is 0. The van der Waals surface area contributed by atoms with Gasteiger partial charge in [-0.1, -0.05) is 80.4 Å². The molecule has 3 aliphatic rings. The van der Waals surface area contributed by atoms with Gasteiger partial charge in [-0.05, 0) is 120 Å². The van der Waals surface area contributed by atoms with Crippen molar-refractivity contribution in [1.82, 2.24) is 0 Å². The van der Waals surface area contributed by atoms with Crippen LogP contribution >= 0.6 is 31.9 Å². The minimum absolute atomic E-state index is 1.04. The molecule has 0 fully saturated rings. The van der Waals surface area contributed by atoms with Gasteiger partial charge in [0.2, 0.25) is 0 Å². The first-order valence-corrected chi connectivity index (χ1v) is 16.7. The third-order valence-electron chi connectivity index (χ3n) is 9.28. The number of aryl methyl sites for hydroxylation is 2. The van der Waals surface area contributed by atoms with E-state index in [4.69, 9.17) is 0 Å². The predicted octanol–water partition coefficient (Wildman–Crippen LogP) is 11.2.